The van der Waals surface area contributed by atoms with Gasteiger partial charge in [-0.15, -0.1) is 8.78 Å². The van der Waals surface area contributed by atoms with E-state index < -0.39 is 28.2 Å². The lowest BCUT2D eigenvalue weighted by Gasteiger charge is -2.12. The summed E-state index contributed by atoms with van der Waals surface area (Å²) < 4.78 is 56.8. The van der Waals surface area contributed by atoms with Crippen molar-refractivity contribution < 1.29 is 31.5 Å². The molecule has 10 heteroatoms. The van der Waals surface area contributed by atoms with Crippen molar-refractivity contribution in [1.29, 1.82) is 0 Å². The van der Waals surface area contributed by atoms with Gasteiger partial charge >= 0.3 is 12.3 Å². The number of amides is 2. The number of halogens is 2. The molecular formula is C12H12F2N2O5S. The summed E-state index contributed by atoms with van der Waals surface area (Å²) in [5, 5.41) is 4.95. The van der Waals surface area contributed by atoms with Crippen molar-refractivity contribution in [3.63, 3.8) is 0 Å². The number of hydrogen-bond acceptors (Lipinski definition) is 5. The number of rotatable bonds is 2. The van der Waals surface area contributed by atoms with E-state index in [1.54, 1.807) is 0 Å². The second kappa shape index (κ2) is 4.97. The lowest BCUT2D eigenvalue weighted by molar-refractivity contribution is -0.286. The van der Waals surface area contributed by atoms with E-state index in [0.29, 0.717) is 6.42 Å². The molecule has 1 atom stereocenters. The maximum Gasteiger partial charge on any atom is 0.586 e. The molecule has 7 nitrogen and oxygen atoms in total. The molecule has 2 N–H and O–H groups in total. The monoisotopic (exact) mass is 334 g/mol. The quantitative estimate of drug-likeness (QED) is 0.851. The number of fused-ring (bicyclic) bond motifs is 1. The second-order valence-corrected chi connectivity index (χ2v) is 7.26. The number of hydrogen-bond donors (Lipinski definition) is 2. The lowest BCUT2D eigenvalue weighted by Crippen LogP contribution is -2.38. The van der Waals surface area contributed by atoms with E-state index in [1.807, 2.05) is 0 Å². The molecule has 0 bridgehead atoms. The molecule has 1 aromatic carbocycles. The Labute approximate surface area is 124 Å². The number of carbonyl (C=O) groups is 1. The number of benzene rings is 1. The summed E-state index contributed by atoms with van der Waals surface area (Å²) >= 11 is 0. The van der Waals surface area contributed by atoms with E-state index in [1.165, 1.54) is 18.2 Å². The van der Waals surface area contributed by atoms with Gasteiger partial charge in [0, 0.05) is 17.8 Å². The molecular weight excluding hydrogens is 322 g/mol. The normalized spacial score (nSPS) is 24.0. The standard InChI is InChI=1S/C12H12F2N2O5S/c13-12(14)20-9-2-1-7(5-10(9)21-12)15-11(17)16-8-3-4-22(18,19)6-8/h1-2,5,8H,3-4,6H2,(H2,15,16,17)/t8-/m1/s1. The smallest absolute Gasteiger partial charge is 0.395 e. The Bertz CT molecular complexity index is 722. The van der Waals surface area contributed by atoms with E-state index in [4.69, 9.17) is 0 Å². The van der Waals surface area contributed by atoms with Gasteiger partial charge in [-0.1, -0.05) is 0 Å². The molecule has 0 aliphatic carbocycles. The molecule has 2 aliphatic rings. The Morgan fingerprint density at radius 2 is 2.00 bits per heavy atom. The van der Waals surface area contributed by atoms with Gasteiger partial charge < -0.3 is 20.1 Å². The van der Waals surface area contributed by atoms with Crippen molar-refractivity contribution in [1.82, 2.24) is 5.32 Å². The number of sulfone groups is 1. The highest BCUT2D eigenvalue weighted by Crippen LogP contribution is 2.42. The lowest BCUT2D eigenvalue weighted by atomic mass is 10.2. The number of urea groups is 1. The van der Waals surface area contributed by atoms with E-state index in [9.17, 15) is 22.0 Å². The zero-order valence-electron chi connectivity index (χ0n) is 11.1. The average molecular weight is 334 g/mol. The van der Waals surface area contributed by atoms with Crippen LogP contribution in [-0.2, 0) is 9.84 Å². The third-order valence-electron chi connectivity index (χ3n) is 3.23. The number of ether oxygens (including phenoxy) is 2. The largest absolute Gasteiger partial charge is 0.586 e. The van der Waals surface area contributed by atoms with Crippen molar-refractivity contribution in [2.45, 2.75) is 18.8 Å². The molecule has 0 aromatic heterocycles. The molecule has 2 aliphatic heterocycles. The van der Waals surface area contributed by atoms with Crippen LogP contribution >= 0.6 is 0 Å². The van der Waals surface area contributed by atoms with Crippen LogP contribution in [0.4, 0.5) is 19.3 Å². The number of alkyl halides is 2. The van der Waals surface area contributed by atoms with Crippen LogP contribution in [0.5, 0.6) is 11.5 Å². The van der Waals surface area contributed by atoms with Crippen molar-refractivity contribution in [3.05, 3.63) is 18.2 Å². The van der Waals surface area contributed by atoms with Gasteiger partial charge in [0.2, 0.25) is 0 Å². The fourth-order valence-electron chi connectivity index (χ4n) is 2.29. The highest BCUT2D eigenvalue weighted by atomic mass is 32.2. The van der Waals surface area contributed by atoms with Crippen molar-refractivity contribution >= 4 is 21.6 Å². The fraction of sp³-hybridized carbons (Fsp3) is 0.417. The van der Waals surface area contributed by atoms with Crippen molar-refractivity contribution in [2.24, 2.45) is 0 Å². The minimum absolute atomic E-state index is 0.0387. The Balaban J connectivity index is 1.61. The first-order valence-corrected chi connectivity index (χ1v) is 8.22. The third kappa shape index (κ3) is 3.21. The second-order valence-electron chi connectivity index (χ2n) is 5.03. The number of carbonyl (C=O) groups excluding carboxylic acids is 1. The molecule has 0 unspecified atom stereocenters. The predicted molar refractivity (Wildman–Crippen MR) is 71.9 cm³/mol. The van der Waals surface area contributed by atoms with Crippen LogP contribution in [0, 0.1) is 0 Å². The SMILES string of the molecule is O=C(Nc1ccc2c(c1)OC(F)(F)O2)N[C@@H]1CCS(=O)(=O)C1. The fourth-order valence-corrected chi connectivity index (χ4v) is 3.96. The summed E-state index contributed by atoms with van der Waals surface area (Å²) in [5.74, 6) is -0.380. The van der Waals surface area contributed by atoms with Crippen LogP contribution in [0.1, 0.15) is 6.42 Å². The van der Waals surface area contributed by atoms with Crippen LogP contribution in [0.15, 0.2) is 18.2 Å². The topological polar surface area (TPSA) is 93.7 Å². The highest BCUT2D eigenvalue weighted by molar-refractivity contribution is 7.91. The van der Waals surface area contributed by atoms with Crippen LogP contribution in [0.2, 0.25) is 0 Å². The number of anilines is 1. The van der Waals surface area contributed by atoms with Gasteiger partial charge in [-0.2, -0.15) is 0 Å². The van der Waals surface area contributed by atoms with Crippen molar-refractivity contribution in [3.8, 4) is 11.5 Å². The van der Waals surface area contributed by atoms with E-state index in [0.717, 1.165) is 0 Å². The summed E-state index contributed by atoms with van der Waals surface area (Å²) in [6, 6.07) is 2.73. The number of nitrogens with one attached hydrogen (secondary N) is 2. The summed E-state index contributed by atoms with van der Waals surface area (Å²) in [6.45, 7) is 0. The van der Waals surface area contributed by atoms with Gasteiger partial charge in [0.25, 0.3) is 0 Å². The summed E-state index contributed by atoms with van der Waals surface area (Å²) in [4.78, 5) is 11.8. The molecule has 0 saturated carbocycles. The van der Waals surface area contributed by atoms with E-state index >= 15 is 0 Å². The average Bonchev–Trinajstić information content (AvgIpc) is 2.86. The summed E-state index contributed by atoms with van der Waals surface area (Å²) in [7, 11) is -3.10. The van der Waals surface area contributed by atoms with Gasteiger partial charge in [0.05, 0.1) is 11.5 Å². The van der Waals surface area contributed by atoms with Gasteiger partial charge in [0.15, 0.2) is 21.3 Å². The van der Waals surface area contributed by atoms with Crippen LogP contribution in [0.25, 0.3) is 0 Å². The minimum Gasteiger partial charge on any atom is -0.395 e. The molecule has 1 saturated heterocycles. The summed E-state index contributed by atoms with van der Waals surface area (Å²) in [5.41, 5.74) is 0.221. The third-order valence-corrected chi connectivity index (χ3v) is 4.99. The molecule has 2 heterocycles. The zero-order valence-corrected chi connectivity index (χ0v) is 12.0. The van der Waals surface area contributed by atoms with E-state index in [2.05, 4.69) is 20.1 Å². The molecule has 1 aromatic rings. The first kappa shape index (κ1) is 14.8. The van der Waals surface area contributed by atoms with Crippen LogP contribution in [-0.4, -0.2) is 38.3 Å². The molecule has 1 fully saturated rings. The molecule has 120 valence electrons. The van der Waals surface area contributed by atoms with Crippen LogP contribution < -0.4 is 20.1 Å². The minimum atomic E-state index is -3.72. The van der Waals surface area contributed by atoms with Gasteiger partial charge in [-0.05, 0) is 18.6 Å². The van der Waals surface area contributed by atoms with E-state index in [-0.39, 0.29) is 28.7 Å². The first-order chi connectivity index (χ1) is 10.2. The molecule has 0 radical (unpaired) electrons. The molecule has 2 amide bonds. The maximum atomic E-state index is 12.9. The molecule has 0 spiro atoms. The van der Waals surface area contributed by atoms with Crippen LogP contribution in [0.3, 0.4) is 0 Å². The Morgan fingerprint density at radius 1 is 1.27 bits per heavy atom. The summed E-state index contributed by atoms with van der Waals surface area (Å²) in [6.07, 6.45) is -3.37. The Hall–Kier alpha value is -2.10. The predicted octanol–water partition coefficient (Wildman–Crippen LogP) is 1.32. The van der Waals surface area contributed by atoms with Gasteiger partial charge in [-0.3, -0.25) is 0 Å². The highest BCUT2D eigenvalue weighted by Gasteiger charge is 2.43. The Morgan fingerprint density at radius 3 is 2.68 bits per heavy atom. The van der Waals surface area contributed by atoms with Gasteiger partial charge in [0.1, 0.15) is 0 Å². The maximum absolute atomic E-state index is 12.9. The molecule has 3 rings (SSSR count). The Kier molecular flexibility index (Phi) is 3.35. The van der Waals surface area contributed by atoms with Crippen molar-refractivity contribution in [2.75, 3.05) is 16.8 Å². The van der Waals surface area contributed by atoms with Gasteiger partial charge in [-0.25, -0.2) is 13.2 Å². The molecule has 22 heavy (non-hydrogen) atoms. The first-order valence-electron chi connectivity index (χ1n) is 6.40. The zero-order chi connectivity index (χ0) is 16.0.